The van der Waals surface area contributed by atoms with Gasteiger partial charge in [-0.3, -0.25) is 0 Å². The second kappa shape index (κ2) is 8.21. The molecule has 0 rings (SSSR count). The van der Waals surface area contributed by atoms with Crippen LogP contribution in [0, 0.1) is 0 Å². The van der Waals surface area contributed by atoms with Gasteiger partial charge < -0.3 is 0 Å². The third kappa shape index (κ3) is 8.21. The fourth-order valence-electron chi connectivity index (χ4n) is 0.614. The van der Waals surface area contributed by atoms with E-state index in [0.717, 1.165) is 6.42 Å². The molecule has 0 unspecified atom stereocenters. The average Bonchev–Trinajstić information content (AvgIpc) is 1.89. The lowest BCUT2D eigenvalue weighted by Crippen LogP contribution is -1.69. The van der Waals surface area contributed by atoms with Crippen LogP contribution in [0.15, 0.2) is 22.8 Å². The minimum Gasteiger partial charge on any atom is -0.103 e. The Labute approximate surface area is 71.2 Å². The Morgan fingerprint density at radius 1 is 1.22 bits per heavy atom. The maximum atomic E-state index is 3.66. The zero-order valence-corrected chi connectivity index (χ0v) is 7.80. The van der Waals surface area contributed by atoms with Crippen LogP contribution in [-0.2, 0) is 0 Å². The first kappa shape index (κ1) is 9.21. The minimum atomic E-state index is 1.16. The van der Waals surface area contributed by atoms with Crippen LogP contribution in [0.1, 0.15) is 25.7 Å². The maximum absolute atomic E-state index is 3.66. The predicted molar refractivity (Wildman–Crippen MR) is 51.8 cm³/mol. The van der Waals surface area contributed by atoms with Crippen molar-refractivity contribution in [3.63, 3.8) is 0 Å². The second-order valence-electron chi connectivity index (χ2n) is 1.93. The van der Waals surface area contributed by atoms with Crippen molar-refractivity contribution in [3.8, 4) is 0 Å². The van der Waals surface area contributed by atoms with Crippen molar-refractivity contribution in [1.82, 2.24) is 0 Å². The SMILES string of the molecule is C=CCCCC/C=C\I. The van der Waals surface area contributed by atoms with E-state index in [-0.39, 0.29) is 0 Å². The van der Waals surface area contributed by atoms with Crippen LogP contribution in [0.3, 0.4) is 0 Å². The van der Waals surface area contributed by atoms with E-state index in [1.165, 1.54) is 19.3 Å². The van der Waals surface area contributed by atoms with Gasteiger partial charge in [-0.05, 0) is 29.8 Å². The molecule has 0 amide bonds. The van der Waals surface area contributed by atoms with Gasteiger partial charge in [0.25, 0.3) is 0 Å². The lowest BCUT2D eigenvalue weighted by Gasteiger charge is -1.89. The molecule has 0 aromatic rings. The molecule has 0 aliphatic carbocycles. The fraction of sp³-hybridized carbons (Fsp3) is 0.500. The summed E-state index contributed by atoms with van der Waals surface area (Å²) in [6, 6.07) is 0. The van der Waals surface area contributed by atoms with Gasteiger partial charge in [-0.25, -0.2) is 0 Å². The summed E-state index contributed by atoms with van der Waals surface area (Å²) in [5, 5.41) is 0. The van der Waals surface area contributed by atoms with Crippen molar-refractivity contribution >= 4 is 22.6 Å². The van der Waals surface area contributed by atoms with E-state index in [4.69, 9.17) is 0 Å². The molecule has 0 spiro atoms. The molecular formula is C8H13I. The molecule has 0 atom stereocenters. The van der Waals surface area contributed by atoms with Gasteiger partial charge in [0.2, 0.25) is 0 Å². The summed E-state index contributed by atoms with van der Waals surface area (Å²) in [7, 11) is 0. The Morgan fingerprint density at radius 2 is 1.89 bits per heavy atom. The lowest BCUT2D eigenvalue weighted by atomic mass is 10.2. The van der Waals surface area contributed by atoms with E-state index in [0.29, 0.717) is 0 Å². The van der Waals surface area contributed by atoms with Crippen molar-refractivity contribution in [2.75, 3.05) is 0 Å². The van der Waals surface area contributed by atoms with E-state index < -0.39 is 0 Å². The molecule has 0 N–H and O–H groups in total. The smallest absolute Gasteiger partial charge is 0.0274 e. The molecule has 0 aromatic carbocycles. The molecular weight excluding hydrogens is 223 g/mol. The highest BCUT2D eigenvalue weighted by Crippen LogP contribution is 2.01. The summed E-state index contributed by atoms with van der Waals surface area (Å²) in [4.78, 5) is 0. The quantitative estimate of drug-likeness (QED) is 0.388. The van der Waals surface area contributed by atoms with E-state index in [1.807, 2.05) is 6.08 Å². The topological polar surface area (TPSA) is 0 Å². The molecule has 0 aliphatic rings. The highest BCUT2D eigenvalue weighted by Gasteiger charge is 1.80. The highest BCUT2D eigenvalue weighted by molar-refractivity contribution is 14.1. The maximum Gasteiger partial charge on any atom is -0.0274 e. The van der Waals surface area contributed by atoms with Crippen molar-refractivity contribution in [1.29, 1.82) is 0 Å². The molecule has 0 aliphatic heterocycles. The van der Waals surface area contributed by atoms with Gasteiger partial charge in [0, 0.05) is 0 Å². The first-order valence-electron chi connectivity index (χ1n) is 3.28. The fourth-order valence-corrected chi connectivity index (χ4v) is 0.973. The molecule has 0 heterocycles. The van der Waals surface area contributed by atoms with Crippen LogP contribution in [0.4, 0.5) is 0 Å². The zero-order chi connectivity index (χ0) is 6.95. The van der Waals surface area contributed by atoms with Crippen molar-refractivity contribution < 1.29 is 0 Å². The Morgan fingerprint density at radius 3 is 2.44 bits per heavy atom. The molecule has 0 radical (unpaired) electrons. The molecule has 0 aromatic heterocycles. The molecule has 0 bridgehead atoms. The van der Waals surface area contributed by atoms with Gasteiger partial charge in [-0.15, -0.1) is 6.58 Å². The third-order valence-corrected chi connectivity index (χ3v) is 1.63. The molecule has 52 valence electrons. The summed E-state index contributed by atoms with van der Waals surface area (Å²) in [5.74, 6) is 0. The monoisotopic (exact) mass is 236 g/mol. The molecule has 1 heteroatoms. The van der Waals surface area contributed by atoms with Crippen LogP contribution in [-0.4, -0.2) is 0 Å². The number of hydrogen-bond donors (Lipinski definition) is 0. The van der Waals surface area contributed by atoms with Crippen molar-refractivity contribution in [2.24, 2.45) is 0 Å². The standard InChI is InChI=1S/C8H13I/c1-2-3-4-5-6-7-8-9/h2,7-8H,1,3-6H2/b8-7-. The van der Waals surface area contributed by atoms with Crippen LogP contribution in [0.5, 0.6) is 0 Å². The highest BCUT2D eigenvalue weighted by atomic mass is 127. The average molecular weight is 236 g/mol. The van der Waals surface area contributed by atoms with Gasteiger partial charge in [-0.1, -0.05) is 34.7 Å². The van der Waals surface area contributed by atoms with Crippen molar-refractivity contribution in [3.05, 3.63) is 22.8 Å². The molecule has 0 saturated carbocycles. The second-order valence-corrected chi connectivity index (χ2v) is 2.65. The molecule has 9 heavy (non-hydrogen) atoms. The summed E-state index contributed by atoms with van der Waals surface area (Å²) in [5.41, 5.74) is 0. The van der Waals surface area contributed by atoms with Crippen LogP contribution in [0.25, 0.3) is 0 Å². The van der Waals surface area contributed by atoms with Gasteiger partial charge >= 0.3 is 0 Å². The third-order valence-electron chi connectivity index (χ3n) is 1.12. The molecule has 0 saturated heterocycles. The summed E-state index contributed by atoms with van der Waals surface area (Å²) < 4.78 is 2.08. The lowest BCUT2D eigenvalue weighted by molar-refractivity contribution is 0.763. The van der Waals surface area contributed by atoms with E-state index in [1.54, 1.807) is 0 Å². The van der Waals surface area contributed by atoms with Crippen LogP contribution in [0.2, 0.25) is 0 Å². The largest absolute Gasteiger partial charge is 0.103 e. The number of hydrogen-bond acceptors (Lipinski definition) is 0. The number of halogens is 1. The van der Waals surface area contributed by atoms with Crippen molar-refractivity contribution in [2.45, 2.75) is 25.7 Å². The van der Waals surface area contributed by atoms with Crippen LogP contribution >= 0.6 is 22.6 Å². The first-order valence-corrected chi connectivity index (χ1v) is 4.52. The molecule has 0 nitrogen and oxygen atoms in total. The number of allylic oxidation sites excluding steroid dienone is 2. The molecule has 0 fully saturated rings. The Hall–Kier alpha value is 0.210. The van der Waals surface area contributed by atoms with Crippen LogP contribution < -0.4 is 0 Å². The zero-order valence-electron chi connectivity index (χ0n) is 5.65. The number of unbranched alkanes of at least 4 members (excludes halogenated alkanes) is 3. The van der Waals surface area contributed by atoms with E-state index >= 15 is 0 Å². The van der Waals surface area contributed by atoms with Gasteiger partial charge in [0.1, 0.15) is 0 Å². The Bertz CT molecular complexity index is 84.6. The van der Waals surface area contributed by atoms with E-state index in [9.17, 15) is 0 Å². The van der Waals surface area contributed by atoms with Gasteiger partial charge in [0.15, 0.2) is 0 Å². The number of rotatable bonds is 5. The Kier molecular flexibility index (Phi) is 8.40. The van der Waals surface area contributed by atoms with E-state index in [2.05, 4.69) is 39.3 Å². The first-order chi connectivity index (χ1) is 4.41. The summed E-state index contributed by atoms with van der Waals surface area (Å²) in [6.45, 7) is 3.66. The normalized spacial score (nSPS) is 10.3. The van der Waals surface area contributed by atoms with Gasteiger partial charge in [0.05, 0.1) is 0 Å². The Balaban J connectivity index is 2.82. The van der Waals surface area contributed by atoms with Gasteiger partial charge in [-0.2, -0.15) is 0 Å². The summed E-state index contributed by atoms with van der Waals surface area (Å²) in [6.07, 6.45) is 9.14. The predicted octanol–water partition coefficient (Wildman–Crippen LogP) is 3.68. The minimum absolute atomic E-state index is 1.16. The summed E-state index contributed by atoms with van der Waals surface area (Å²) >= 11 is 2.25.